The van der Waals surface area contributed by atoms with Gasteiger partial charge in [-0.05, 0) is 18.2 Å². The highest BCUT2D eigenvalue weighted by Crippen LogP contribution is 2.27. The molecule has 1 aromatic carbocycles. The molecule has 0 radical (unpaired) electrons. The lowest BCUT2D eigenvalue weighted by Gasteiger charge is -2.08. The molecule has 0 unspecified atom stereocenters. The zero-order valence-corrected chi connectivity index (χ0v) is 13.0. The van der Waals surface area contributed by atoms with Crippen molar-refractivity contribution < 1.29 is 13.2 Å². The number of hydrogen-bond acceptors (Lipinski definition) is 7. The lowest BCUT2D eigenvalue weighted by molar-refractivity contribution is -0.114. The van der Waals surface area contributed by atoms with Crippen LogP contribution in [0.1, 0.15) is 6.92 Å². The predicted molar refractivity (Wildman–Crippen MR) is 80.9 cm³/mol. The van der Waals surface area contributed by atoms with Crippen LogP contribution >= 0.6 is 22.9 Å². The SMILES string of the molecule is CC(=O)Nc1nnc(S(=O)(=O)Nc2ccc(Cl)cc2N)s1. The molecule has 0 bridgehead atoms. The number of nitrogens with zero attached hydrogens (tertiary/aromatic N) is 2. The first-order chi connectivity index (χ1) is 9.78. The maximum Gasteiger partial charge on any atom is 0.291 e. The molecule has 0 aliphatic heterocycles. The van der Waals surface area contributed by atoms with Crippen LogP contribution in [0.3, 0.4) is 0 Å². The van der Waals surface area contributed by atoms with E-state index < -0.39 is 10.0 Å². The van der Waals surface area contributed by atoms with E-state index in [0.29, 0.717) is 5.02 Å². The van der Waals surface area contributed by atoms with Crippen LogP contribution in [0.25, 0.3) is 0 Å². The topological polar surface area (TPSA) is 127 Å². The van der Waals surface area contributed by atoms with Crippen LogP contribution in [0.2, 0.25) is 5.02 Å². The van der Waals surface area contributed by atoms with E-state index in [4.69, 9.17) is 17.3 Å². The van der Waals surface area contributed by atoms with Crippen molar-refractivity contribution in [1.82, 2.24) is 10.2 Å². The van der Waals surface area contributed by atoms with E-state index in [1.54, 1.807) is 0 Å². The van der Waals surface area contributed by atoms with Gasteiger partial charge in [-0.25, -0.2) is 0 Å². The Labute approximate surface area is 129 Å². The molecule has 0 aliphatic carbocycles. The lowest BCUT2D eigenvalue weighted by Crippen LogP contribution is -2.13. The molecular weight excluding hydrogens is 338 g/mol. The summed E-state index contributed by atoms with van der Waals surface area (Å²) in [6, 6.07) is 4.35. The molecule has 0 atom stereocenters. The van der Waals surface area contributed by atoms with Gasteiger partial charge >= 0.3 is 0 Å². The second kappa shape index (κ2) is 5.84. The number of anilines is 3. The number of sulfonamides is 1. The lowest BCUT2D eigenvalue weighted by atomic mass is 10.3. The number of amides is 1. The molecule has 112 valence electrons. The molecule has 0 fully saturated rings. The van der Waals surface area contributed by atoms with E-state index in [1.807, 2.05) is 0 Å². The smallest absolute Gasteiger partial charge is 0.291 e. The normalized spacial score (nSPS) is 11.1. The average molecular weight is 348 g/mol. The van der Waals surface area contributed by atoms with Gasteiger partial charge in [0.1, 0.15) is 0 Å². The highest BCUT2D eigenvalue weighted by Gasteiger charge is 2.21. The van der Waals surface area contributed by atoms with E-state index >= 15 is 0 Å². The van der Waals surface area contributed by atoms with Crippen molar-refractivity contribution in [3.05, 3.63) is 23.2 Å². The Balaban J connectivity index is 2.25. The van der Waals surface area contributed by atoms with Crippen molar-refractivity contribution in [2.75, 3.05) is 15.8 Å². The number of nitrogen functional groups attached to an aromatic ring is 1. The molecule has 4 N–H and O–H groups in total. The van der Waals surface area contributed by atoms with E-state index in [0.717, 1.165) is 11.3 Å². The first kappa shape index (κ1) is 15.5. The van der Waals surface area contributed by atoms with Crippen molar-refractivity contribution in [3.8, 4) is 0 Å². The van der Waals surface area contributed by atoms with Gasteiger partial charge in [-0.2, -0.15) is 8.42 Å². The number of nitrogens with one attached hydrogen (secondary N) is 2. The third kappa shape index (κ3) is 3.80. The summed E-state index contributed by atoms with van der Waals surface area (Å²) in [7, 11) is -3.94. The van der Waals surface area contributed by atoms with Crippen molar-refractivity contribution >= 4 is 55.4 Å². The van der Waals surface area contributed by atoms with Gasteiger partial charge in [-0.15, -0.1) is 10.2 Å². The summed E-state index contributed by atoms with van der Waals surface area (Å²) in [6.07, 6.45) is 0. The molecule has 0 saturated heterocycles. The molecule has 1 aromatic heterocycles. The second-order valence-electron chi connectivity index (χ2n) is 3.89. The molecule has 0 spiro atoms. The number of hydrogen-bond donors (Lipinski definition) is 3. The first-order valence-corrected chi connectivity index (χ1v) is 8.14. The number of benzene rings is 1. The van der Waals surface area contributed by atoms with Crippen LogP contribution in [0.5, 0.6) is 0 Å². The third-order valence-electron chi connectivity index (χ3n) is 2.18. The molecule has 21 heavy (non-hydrogen) atoms. The number of halogens is 1. The van der Waals surface area contributed by atoms with Gasteiger partial charge in [0.25, 0.3) is 14.4 Å². The molecule has 11 heteroatoms. The largest absolute Gasteiger partial charge is 0.397 e. The second-order valence-corrected chi connectivity index (χ2v) is 7.16. The molecule has 1 heterocycles. The van der Waals surface area contributed by atoms with Crippen LogP contribution in [0, 0.1) is 0 Å². The Morgan fingerprint density at radius 3 is 2.71 bits per heavy atom. The summed E-state index contributed by atoms with van der Waals surface area (Å²) in [4.78, 5) is 10.9. The number of carbonyl (C=O) groups excluding carboxylic acids is 1. The van der Waals surface area contributed by atoms with Crippen LogP contribution in [-0.2, 0) is 14.8 Å². The van der Waals surface area contributed by atoms with E-state index in [9.17, 15) is 13.2 Å². The molecule has 1 amide bonds. The minimum absolute atomic E-state index is 0.0898. The highest BCUT2D eigenvalue weighted by atomic mass is 35.5. The fourth-order valence-corrected chi connectivity index (χ4v) is 3.55. The van der Waals surface area contributed by atoms with Crippen molar-refractivity contribution in [2.24, 2.45) is 0 Å². The summed E-state index contributed by atoms with van der Waals surface area (Å²) in [5.41, 5.74) is 6.03. The summed E-state index contributed by atoms with van der Waals surface area (Å²) in [5.74, 6) is -0.370. The predicted octanol–water partition coefficient (Wildman–Crippen LogP) is 1.53. The quantitative estimate of drug-likeness (QED) is 0.568. The summed E-state index contributed by atoms with van der Waals surface area (Å²) in [6.45, 7) is 1.28. The first-order valence-electron chi connectivity index (χ1n) is 5.47. The fourth-order valence-electron chi connectivity index (χ4n) is 1.33. The molecule has 2 rings (SSSR count). The summed E-state index contributed by atoms with van der Waals surface area (Å²) in [5, 5.41) is 9.92. The maximum atomic E-state index is 12.1. The van der Waals surface area contributed by atoms with E-state index in [1.165, 1.54) is 25.1 Å². The minimum atomic E-state index is -3.94. The zero-order valence-electron chi connectivity index (χ0n) is 10.6. The molecular formula is C10H10ClN5O3S2. The standard InChI is InChI=1S/C10H10ClN5O3S2/c1-5(17)13-9-14-15-10(20-9)21(18,19)16-8-3-2-6(11)4-7(8)12/h2-4,16H,12H2,1H3,(H,13,14,17). The Bertz CT molecular complexity index is 790. The monoisotopic (exact) mass is 347 g/mol. The van der Waals surface area contributed by atoms with E-state index in [2.05, 4.69) is 20.2 Å². The van der Waals surface area contributed by atoms with Gasteiger partial charge in [-0.1, -0.05) is 22.9 Å². The zero-order chi connectivity index (χ0) is 15.6. The van der Waals surface area contributed by atoms with Crippen LogP contribution in [0.15, 0.2) is 22.5 Å². The fraction of sp³-hybridized carbons (Fsp3) is 0.100. The van der Waals surface area contributed by atoms with Crippen molar-refractivity contribution in [1.29, 1.82) is 0 Å². The molecule has 0 aliphatic rings. The molecule has 0 saturated carbocycles. The van der Waals surface area contributed by atoms with Gasteiger partial charge in [-0.3, -0.25) is 9.52 Å². The number of rotatable bonds is 4. The van der Waals surface area contributed by atoms with Crippen LogP contribution in [-0.4, -0.2) is 24.5 Å². The average Bonchev–Trinajstić information content (AvgIpc) is 2.81. The van der Waals surface area contributed by atoms with Gasteiger partial charge in [0.05, 0.1) is 11.4 Å². The Morgan fingerprint density at radius 2 is 2.10 bits per heavy atom. The third-order valence-corrected chi connectivity index (χ3v) is 4.98. The Kier molecular flexibility index (Phi) is 4.30. The number of nitrogens with two attached hydrogens (primary N) is 1. The van der Waals surface area contributed by atoms with Gasteiger partial charge in [0, 0.05) is 11.9 Å². The maximum absolute atomic E-state index is 12.1. The Morgan fingerprint density at radius 1 is 1.38 bits per heavy atom. The number of aromatic nitrogens is 2. The number of carbonyl (C=O) groups is 1. The summed E-state index contributed by atoms with van der Waals surface area (Å²) >= 11 is 6.46. The molecule has 8 nitrogen and oxygen atoms in total. The van der Waals surface area contributed by atoms with Crippen LogP contribution in [0.4, 0.5) is 16.5 Å². The van der Waals surface area contributed by atoms with Crippen molar-refractivity contribution in [2.45, 2.75) is 11.3 Å². The van der Waals surface area contributed by atoms with Crippen molar-refractivity contribution in [3.63, 3.8) is 0 Å². The Hall–Kier alpha value is -1.91. The highest BCUT2D eigenvalue weighted by molar-refractivity contribution is 7.94. The molecule has 2 aromatic rings. The summed E-state index contributed by atoms with van der Waals surface area (Å²) < 4.78 is 26.3. The van der Waals surface area contributed by atoms with Gasteiger partial charge in [0.15, 0.2) is 0 Å². The minimum Gasteiger partial charge on any atom is -0.397 e. The van der Waals surface area contributed by atoms with Crippen LogP contribution < -0.4 is 15.8 Å². The van der Waals surface area contributed by atoms with E-state index in [-0.39, 0.29) is 26.8 Å². The van der Waals surface area contributed by atoms with Gasteiger partial charge < -0.3 is 11.1 Å². The van der Waals surface area contributed by atoms with Gasteiger partial charge in [0.2, 0.25) is 11.0 Å².